The second-order valence-electron chi connectivity index (χ2n) is 6.56. The average molecular weight is 385 g/mol. The zero-order valence-corrected chi connectivity index (χ0v) is 15.7. The predicted molar refractivity (Wildman–Crippen MR) is 111 cm³/mol. The van der Waals surface area contributed by atoms with Crippen LogP contribution in [0.5, 0.6) is 5.75 Å². The molecule has 5 nitrogen and oxygen atoms in total. The Kier molecular flexibility index (Phi) is 5.12. The van der Waals surface area contributed by atoms with Crippen LogP contribution in [0.2, 0.25) is 0 Å². The lowest BCUT2D eigenvalue weighted by molar-refractivity contribution is 0.0735. The molecule has 1 aliphatic heterocycles. The highest BCUT2D eigenvalue weighted by Crippen LogP contribution is 2.36. The van der Waals surface area contributed by atoms with Crippen LogP contribution in [0.3, 0.4) is 0 Å². The molecule has 0 saturated carbocycles. The number of hydrogen-bond donors (Lipinski definition) is 0. The van der Waals surface area contributed by atoms with Crippen LogP contribution in [0.25, 0.3) is 6.08 Å². The van der Waals surface area contributed by atoms with Gasteiger partial charge in [0.2, 0.25) is 0 Å². The Bertz CT molecular complexity index is 1050. The summed E-state index contributed by atoms with van der Waals surface area (Å²) in [6, 6.07) is 23.2. The van der Waals surface area contributed by atoms with Gasteiger partial charge in [0, 0.05) is 0 Å². The van der Waals surface area contributed by atoms with Crippen LogP contribution < -0.4 is 9.64 Å². The third kappa shape index (κ3) is 3.75. The third-order valence-electron chi connectivity index (χ3n) is 4.75. The van der Waals surface area contributed by atoms with Crippen LogP contribution in [0.4, 0.5) is 10.5 Å². The Morgan fingerprint density at radius 2 is 1.72 bits per heavy atom. The van der Waals surface area contributed by atoms with Crippen molar-refractivity contribution < 1.29 is 19.1 Å². The number of amides is 1. The molecule has 144 valence electrons. The first kappa shape index (κ1) is 18.5. The monoisotopic (exact) mass is 385 g/mol. The highest BCUT2D eigenvalue weighted by atomic mass is 16.6. The van der Waals surface area contributed by atoms with Gasteiger partial charge in [-0.1, -0.05) is 67.3 Å². The van der Waals surface area contributed by atoms with Gasteiger partial charge in [0.15, 0.2) is 0 Å². The van der Waals surface area contributed by atoms with Crippen molar-refractivity contribution in [3.63, 3.8) is 0 Å². The van der Waals surface area contributed by atoms with Gasteiger partial charge >= 0.3 is 12.1 Å². The van der Waals surface area contributed by atoms with Gasteiger partial charge in [0.25, 0.3) is 0 Å². The van der Waals surface area contributed by atoms with E-state index in [1.807, 2.05) is 36.4 Å². The molecule has 1 amide bonds. The summed E-state index contributed by atoms with van der Waals surface area (Å²) in [7, 11) is 0. The van der Waals surface area contributed by atoms with E-state index in [1.165, 1.54) is 4.90 Å². The molecule has 1 atom stereocenters. The summed E-state index contributed by atoms with van der Waals surface area (Å²) >= 11 is 0. The summed E-state index contributed by atoms with van der Waals surface area (Å²) in [6.45, 7) is 3.99. The van der Waals surface area contributed by atoms with Crippen LogP contribution in [-0.4, -0.2) is 18.7 Å². The van der Waals surface area contributed by atoms with E-state index in [1.54, 1.807) is 48.5 Å². The zero-order valence-electron chi connectivity index (χ0n) is 15.7. The van der Waals surface area contributed by atoms with Crippen molar-refractivity contribution in [3.8, 4) is 5.75 Å². The number of esters is 1. The smallest absolute Gasteiger partial charge is 0.415 e. The molecule has 29 heavy (non-hydrogen) atoms. The van der Waals surface area contributed by atoms with Crippen molar-refractivity contribution >= 4 is 23.8 Å². The summed E-state index contributed by atoms with van der Waals surface area (Å²) in [5.74, 6) is -0.117. The van der Waals surface area contributed by atoms with Crippen molar-refractivity contribution in [1.82, 2.24) is 0 Å². The lowest BCUT2D eigenvalue weighted by atomic mass is 10.0. The highest BCUT2D eigenvalue weighted by molar-refractivity contribution is 6.03. The van der Waals surface area contributed by atoms with Crippen molar-refractivity contribution in [2.45, 2.75) is 6.04 Å². The van der Waals surface area contributed by atoms with Gasteiger partial charge < -0.3 is 9.47 Å². The Labute approximate surface area is 168 Å². The minimum atomic E-state index is -0.548. The fraction of sp³-hybridized carbons (Fsp3) is 0.0833. The number of nitrogens with zero attached hydrogens (tertiary/aromatic N) is 1. The van der Waals surface area contributed by atoms with Crippen molar-refractivity contribution in [2.75, 3.05) is 11.5 Å². The molecule has 5 heteroatoms. The summed E-state index contributed by atoms with van der Waals surface area (Å²) in [5, 5.41) is 0. The fourth-order valence-electron chi connectivity index (χ4n) is 3.31. The largest absolute Gasteiger partial charge is 0.447 e. The van der Waals surface area contributed by atoms with Crippen LogP contribution in [0, 0.1) is 0 Å². The SMILES string of the molecule is C=Cc1ccc(C(=O)Oc2ccccc2)c(N2C(=O)OC[C@H]2c2ccccc2)c1. The molecule has 0 radical (unpaired) electrons. The van der Waals surface area contributed by atoms with Gasteiger partial charge in [-0.15, -0.1) is 0 Å². The fourth-order valence-corrected chi connectivity index (χ4v) is 3.31. The van der Waals surface area contributed by atoms with E-state index in [9.17, 15) is 9.59 Å². The van der Waals surface area contributed by atoms with Gasteiger partial charge in [-0.05, 0) is 35.4 Å². The van der Waals surface area contributed by atoms with Crippen LogP contribution in [0.1, 0.15) is 27.5 Å². The minimum absolute atomic E-state index is 0.203. The maximum Gasteiger partial charge on any atom is 0.415 e. The lowest BCUT2D eigenvalue weighted by Gasteiger charge is -2.24. The minimum Gasteiger partial charge on any atom is -0.447 e. The van der Waals surface area contributed by atoms with Gasteiger partial charge in [-0.25, -0.2) is 9.59 Å². The molecule has 3 aromatic rings. The number of carbonyl (C=O) groups is 2. The van der Waals surface area contributed by atoms with E-state index in [4.69, 9.17) is 9.47 Å². The topological polar surface area (TPSA) is 55.8 Å². The standard InChI is InChI=1S/C24H19NO4/c1-2-17-13-14-20(23(26)29-19-11-7-4-8-12-19)21(15-17)25-22(16-28-24(25)27)18-9-5-3-6-10-18/h2-15,22H,1,16H2/t22-/m0/s1. The number of benzene rings is 3. The number of rotatable bonds is 5. The predicted octanol–water partition coefficient (Wildman–Crippen LogP) is 5.25. The highest BCUT2D eigenvalue weighted by Gasteiger charge is 2.37. The van der Waals surface area contributed by atoms with Gasteiger partial charge in [0.1, 0.15) is 12.4 Å². The van der Waals surface area contributed by atoms with E-state index >= 15 is 0 Å². The molecular weight excluding hydrogens is 366 g/mol. The van der Waals surface area contributed by atoms with E-state index in [-0.39, 0.29) is 18.2 Å². The summed E-state index contributed by atoms with van der Waals surface area (Å²) in [6.07, 6.45) is 1.16. The Morgan fingerprint density at radius 3 is 2.41 bits per heavy atom. The molecule has 1 aliphatic rings. The van der Waals surface area contributed by atoms with Crippen LogP contribution >= 0.6 is 0 Å². The molecule has 4 rings (SSSR count). The molecule has 0 aromatic heterocycles. The van der Waals surface area contributed by atoms with Crippen LogP contribution in [-0.2, 0) is 4.74 Å². The molecule has 1 heterocycles. The maximum absolute atomic E-state index is 12.9. The van der Waals surface area contributed by atoms with E-state index in [0.717, 1.165) is 11.1 Å². The number of anilines is 1. The lowest BCUT2D eigenvalue weighted by Crippen LogP contribution is -2.29. The number of cyclic esters (lactones) is 1. The van der Waals surface area contributed by atoms with Gasteiger partial charge in [-0.2, -0.15) is 0 Å². The Balaban J connectivity index is 1.76. The normalized spacial score (nSPS) is 15.7. The number of para-hydroxylation sites is 1. The molecular formula is C24H19NO4. The van der Waals surface area contributed by atoms with Crippen molar-refractivity contribution in [2.24, 2.45) is 0 Å². The van der Waals surface area contributed by atoms with Crippen molar-refractivity contribution in [3.05, 3.63) is 102 Å². The van der Waals surface area contributed by atoms with Gasteiger partial charge in [-0.3, -0.25) is 4.90 Å². The maximum atomic E-state index is 12.9. The number of hydrogen-bond acceptors (Lipinski definition) is 4. The second-order valence-corrected chi connectivity index (χ2v) is 6.56. The third-order valence-corrected chi connectivity index (χ3v) is 4.75. The molecule has 3 aromatic carbocycles. The molecule has 1 fully saturated rings. The molecule has 1 saturated heterocycles. The van der Waals surface area contributed by atoms with E-state index in [2.05, 4.69) is 6.58 Å². The molecule has 0 N–H and O–H groups in total. The second kappa shape index (κ2) is 8.02. The molecule has 0 aliphatic carbocycles. The quantitative estimate of drug-likeness (QED) is 0.445. The first-order chi connectivity index (χ1) is 14.2. The van der Waals surface area contributed by atoms with E-state index in [0.29, 0.717) is 11.4 Å². The van der Waals surface area contributed by atoms with Crippen molar-refractivity contribution in [1.29, 1.82) is 0 Å². The van der Waals surface area contributed by atoms with Crippen LogP contribution in [0.15, 0.2) is 85.4 Å². The van der Waals surface area contributed by atoms with Gasteiger partial charge in [0.05, 0.1) is 17.3 Å². The number of ether oxygens (including phenoxy) is 2. The average Bonchev–Trinajstić information content (AvgIpc) is 3.15. The summed E-state index contributed by atoms with van der Waals surface area (Å²) in [5.41, 5.74) is 2.41. The zero-order chi connectivity index (χ0) is 20.2. The molecule has 0 unspecified atom stereocenters. The summed E-state index contributed by atoms with van der Waals surface area (Å²) < 4.78 is 10.8. The number of carbonyl (C=O) groups excluding carboxylic acids is 2. The van der Waals surface area contributed by atoms with E-state index < -0.39 is 12.1 Å². The first-order valence-electron chi connectivity index (χ1n) is 9.22. The first-order valence-corrected chi connectivity index (χ1v) is 9.22. The Hall–Kier alpha value is -3.86. The summed E-state index contributed by atoms with van der Waals surface area (Å²) in [4.78, 5) is 27.0. The molecule has 0 bridgehead atoms. The molecule has 0 spiro atoms. The Morgan fingerprint density at radius 1 is 1.03 bits per heavy atom.